The van der Waals surface area contributed by atoms with Crippen LogP contribution in [0.3, 0.4) is 0 Å². The molecule has 0 unspecified atom stereocenters. The van der Waals surface area contributed by atoms with Crippen LogP contribution in [0.5, 0.6) is 0 Å². The molecule has 1 N–H and O–H groups in total. The van der Waals surface area contributed by atoms with Crippen LogP contribution >= 0.6 is 0 Å². The number of aromatic carboxylic acids is 1. The predicted octanol–water partition coefficient (Wildman–Crippen LogP) is 2.90. The molecule has 0 bridgehead atoms. The smallest absolute Gasteiger partial charge is 0.338 e. The van der Waals surface area contributed by atoms with Gasteiger partial charge in [-0.15, -0.1) is 0 Å². The van der Waals surface area contributed by atoms with Crippen LogP contribution in [0.2, 0.25) is 0 Å². The molecule has 0 saturated heterocycles. The van der Waals surface area contributed by atoms with Crippen molar-refractivity contribution in [2.24, 2.45) is 0 Å². The largest absolute Gasteiger partial charge is 0.478 e. The molecular weight excluding hydrogens is 233 g/mol. The van der Waals surface area contributed by atoms with Gasteiger partial charge in [0.2, 0.25) is 0 Å². The number of carboxylic acid groups (broad SMARTS) is 1. The third kappa shape index (κ3) is 2.70. The van der Waals surface area contributed by atoms with Crippen LogP contribution in [0.1, 0.15) is 41.6 Å². The van der Waals surface area contributed by atoms with E-state index in [1.807, 2.05) is 7.05 Å². The van der Waals surface area contributed by atoms with Gasteiger partial charge in [-0.3, -0.25) is 4.90 Å². The van der Waals surface area contributed by atoms with Crippen molar-refractivity contribution < 1.29 is 14.3 Å². The van der Waals surface area contributed by atoms with Gasteiger partial charge in [-0.2, -0.15) is 0 Å². The van der Waals surface area contributed by atoms with Gasteiger partial charge in [0.1, 0.15) is 5.82 Å². The lowest BCUT2D eigenvalue weighted by Crippen LogP contribution is -2.29. The van der Waals surface area contributed by atoms with E-state index >= 15 is 0 Å². The number of halogens is 1. The third-order valence-corrected chi connectivity index (χ3v) is 3.68. The zero-order valence-electron chi connectivity index (χ0n) is 10.5. The molecule has 0 atom stereocenters. The average molecular weight is 251 g/mol. The van der Waals surface area contributed by atoms with Crippen molar-refractivity contribution in [3.8, 4) is 0 Å². The fourth-order valence-corrected chi connectivity index (χ4v) is 2.61. The predicted molar refractivity (Wildman–Crippen MR) is 67.1 cm³/mol. The highest BCUT2D eigenvalue weighted by Gasteiger charge is 2.21. The van der Waals surface area contributed by atoms with E-state index in [0.29, 0.717) is 18.2 Å². The Bertz CT molecular complexity index is 441. The first kappa shape index (κ1) is 13.0. The van der Waals surface area contributed by atoms with Crippen LogP contribution in [0.25, 0.3) is 0 Å². The molecule has 2 rings (SSSR count). The number of nitrogens with zero attached hydrogens (tertiary/aromatic N) is 1. The number of carboxylic acids is 1. The summed E-state index contributed by atoms with van der Waals surface area (Å²) >= 11 is 0. The van der Waals surface area contributed by atoms with Gasteiger partial charge in [-0.1, -0.05) is 25.0 Å². The second kappa shape index (κ2) is 5.48. The Morgan fingerprint density at radius 3 is 2.72 bits per heavy atom. The average Bonchev–Trinajstić information content (AvgIpc) is 2.85. The van der Waals surface area contributed by atoms with Crippen LogP contribution in [0.4, 0.5) is 4.39 Å². The standard InChI is InChI=1S/C14H18FNO2/c1-16(11-6-2-3-7-11)9-10-5-4-8-12(13(10)15)14(17)18/h4-5,8,11H,2-3,6-7,9H2,1H3,(H,17,18). The number of benzene rings is 1. The molecule has 0 aromatic heterocycles. The summed E-state index contributed by atoms with van der Waals surface area (Å²) in [6, 6.07) is 5.06. The second-order valence-corrected chi connectivity index (χ2v) is 4.94. The van der Waals surface area contributed by atoms with Gasteiger partial charge >= 0.3 is 5.97 Å². The highest BCUT2D eigenvalue weighted by atomic mass is 19.1. The summed E-state index contributed by atoms with van der Waals surface area (Å²) in [7, 11) is 1.98. The van der Waals surface area contributed by atoms with Crippen molar-refractivity contribution >= 4 is 5.97 Å². The third-order valence-electron chi connectivity index (χ3n) is 3.68. The molecule has 1 aliphatic carbocycles. The van der Waals surface area contributed by atoms with E-state index < -0.39 is 11.8 Å². The summed E-state index contributed by atoms with van der Waals surface area (Å²) in [5, 5.41) is 8.88. The monoisotopic (exact) mass is 251 g/mol. The van der Waals surface area contributed by atoms with E-state index in [2.05, 4.69) is 4.90 Å². The van der Waals surface area contributed by atoms with E-state index in [-0.39, 0.29) is 5.56 Å². The van der Waals surface area contributed by atoms with E-state index in [4.69, 9.17) is 5.11 Å². The summed E-state index contributed by atoms with van der Waals surface area (Å²) < 4.78 is 14.0. The molecule has 1 aliphatic rings. The minimum Gasteiger partial charge on any atom is -0.478 e. The molecule has 0 spiro atoms. The highest BCUT2D eigenvalue weighted by molar-refractivity contribution is 5.88. The quantitative estimate of drug-likeness (QED) is 0.894. The molecule has 1 fully saturated rings. The molecule has 1 aromatic carbocycles. The second-order valence-electron chi connectivity index (χ2n) is 4.94. The lowest BCUT2D eigenvalue weighted by atomic mass is 10.1. The topological polar surface area (TPSA) is 40.5 Å². The molecule has 0 aliphatic heterocycles. The Morgan fingerprint density at radius 1 is 1.44 bits per heavy atom. The van der Waals surface area contributed by atoms with Crippen molar-refractivity contribution in [1.82, 2.24) is 4.90 Å². The number of carbonyl (C=O) groups is 1. The number of hydrogen-bond donors (Lipinski definition) is 1. The van der Waals surface area contributed by atoms with Crippen molar-refractivity contribution in [1.29, 1.82) is 0 Å². The molecule has 18 heavy (non-hydrogen) atoms. The van der Waals surface area contributed by atoms with Crippen molar-refractivity contribution in [2.75, 3.05) is 7.05 Å². The molecule has 98 valence electrons. The first-order chi connectivity index (χ1) is 8.59. The lowest BCUT2D eigenvalue weighted by Gasteiger charge is -2.24. The summed E-state index contributed by atoms with van der Waals surface area (Å²) in [6.07, 6.45) is 4.76. The van der Waals surface area contributed by atoms with E-state index in [1.165, 1.54) is 18.9 Å². The molecule has 0 amide bonds. The maximum atomic E-state index is 14.0. The number of rotatable bonds is 4. The highest BCUT2D eigenvalue weighted by Crippen LogP contribution is 2.24. The Balaban J connectivity index is 2.13. The van der Waals surface area contributed by atoms with Gasteiger partial charge in [0, 0.05) is 18.2 Å². The Kier molecular flexibility index (Phi) is 3.97. The Morgan fingerprint density at radius 2 is 2.11 bits per heavy atom. The Hall–Kier alpha value is -1.42. The molecule has 0 radical (unpaired) electrons. The van der Waals surface area contributed by atoms with Gasteiger partial charge in [0.05, 0.1) is 5.56 Å². The van der Waals surface area contributed by atoms with Gasteiger partial charge in [-0.05, 0) is 26.0 Å². The number of hydrogen-bond acceptors (Lipinski definition) is 2. The zero-order chi connectivity index (χ0) is 13.1. The van der Waals surface area contributed by atoms with Gasteiger partial charge in [-0.25, -0.2) is 9.18 Å². The SMILES string of the molecule is CN(Cc1cccc(C(=O)O)c1F)C1CCCC1. The molecule has 3 nitrogen and oxygen atoms in total. The fraction of sp³-hybridized carbons (Fsp3) is 0.500. The van der Waals surface area contributed by atoms with Gasteiger partial charge in [0.25, 0.3) is 0 Å². The summed E-state index contributed by atoms with van der Waals surface area (Å²) in [4.78, 5) is 13.0. The fourth-order valence-electron chi connectivity index (χ4n) is 2.61. The van der Waals surface area contributed by atoms with E-state index in [0.717, 1.165) is 12.8 Å². The maximum Gasteiger partial charge on any atom is 0.338 e. The minimum absolute atomic E-state index is 0.243. The molecule has 4 heteroatoms. The summed E-state index contributed by atoms with van der Waals surface area (Å²) in [5.74, 6) is -1.81. The molecule has 1 aromatic rings. The maximum absolute atomic E-state index is 14.0. The lowest BCUT2D eigenvalue weighted by molar-refractivity contribution is 0.0691. The van der Waals surface area contributed by atoms with Gasteiger partial charge < -0.3 is 5.11 Å². The van der Waals surface area contributed by atoms with Crippen LogP contribution < -0.4 is 0 Å². The first-order valence-corrected chi connectivity index (χ1v) is 6.30. The summed E-state index contributed by atoms with van der Waals surface area (Å²) in [5.41, 5.74) is 0.219. The van der Waals surface area contributed by atoms with Crippen molar-refractivity contribution in [2.45, 2.75) is 38.3 Å². The molecule has 0 heterocycles. The first-order valence-electron chi connectivity index (χ1n) is 6.30. The molecular formula is C14H18FNO2. The van der Waals surface area contributed by atoms with E-state index in [1.54, 1.807) is 12.1 Å². The summed E-state index contributed by atoms with van der Waals surface area (Å²) in [6.45, 7) is 0.470. The van der Waals surface area contributed by atoms with Crippen LogP contribution in [-0.4, -0.2) is 29.1 Å². The van der Waals surface area contributed by atoms with Crippen molar-refractivity contribution in [3.63, 3.8) is 0 Å². The Labute approximate surface area is 106 Å². The van der Waals surface area contributed by atoms with Crippen LogP contribution in [-0.2, 0) is 6.54 Å². The molecule has 1 saturated carbocycles. The van der Waals surface area contributed by atoms with Crippen LogP contribution in [0, 0.1) is 5.82 Å². The van der Waals surface area contributed by atoms with Crippen molar-refractivity contribution in [3.05, 3.63) is 35.1 Å². The van der Waals surface area contributed by atoms with Crippen LogP contribution in [0.15, 0.2) is 18.2 Å². The minimum atomic E-state index is -1.21. The normalized spacial score (nSPS) is 16.4. The van der Waals surface area contributed by atoms with Gasteiger partial charge in [0.15, 0.2) is 0 Å². The zero-order valence-corrected chi connectivity index (χ0v) is 10.5. The van der Waals surface area contributed by atoms with E-state index in [9.17, 15) is 9.18 Å².